The molecule has 1 heterocycles. The van der Waals surface area contributed by atoms with Crippen LogP contribution in [0.2, 0.25) is 0 Å². The zero-order valence-corrected chi connectivity index (χ0v) is 6.24. The van der Waals surface area contributed by atoms with Gasteiger partial charge in [0.25, 0.3) is 0 Å². The molecule has 0 N–H and O–H groups in total. The standard InChI is InChI=1S/C4H8O.Na/c1-2-4-5-3-1;/h1-4H2;. The first-order valence-corrected chi connectivity index (χ1v) is 2.08. The van der Waals surface area contributed by atoms with Gasteiger partial charge < -0.3 is 4.74 Å². The Morgan fingerprint density at radius 3 is 1.67 bits per heavy atom. The maximum atomic E-state index is 4.94. The summed E-state index contributed by atoms with van der Waals surface area (Å²) in [6, 6.07) is 0. The fourth-order valence-corrected chi connectivity index (χ4v) is 0.510. The van der Waals surface area contributed by atoms with Gasteiger partial charge in [-0.25, -0.2) is 0 Å². The number of hydrogen-bond acceptors (Lipinski definition) is 1. The van der Waals surface area contributed by atoms with Crippen molar-refractivity contribution in [3.63, 3.8) is 0 Å². The van der Waals surface area contributed by atoms with E-state index in [-0.39, 0.29) is 29.6 Å². The quantitative estimate of drug-likeness (QED) is 0.396. The molecule has 1 nitrogen and oxygen atoms in total. The van der Waals surface area contributed by atoms with Crippen LogP contribution in [0.15, 0.2) is 0 Å². The van der Waals surface area contributed by atoms with Crippen molar-refractivity contribution < 1.29 is 4.74 Å². The molecule has 0 saturated carbocycles. The normalized spacial score (nSPS) is 20.0. The Hall–Kier alpha value is 0.960. The molecule has 0 aromatic carbocycles. The van der Waals surface area contributed by atoms with Crippen molar-refractivity contribution in [1.82, 2.24) is 0 Å². The zero-order chi connectivity index (χ0) is 3.54. The molecule has 2 heteroatoms. The second kappa shape index (κ2) is 4.13. The summed E-state index contributed by atoms with van der Waals surface area (Å²) in [4.78, 5) is 0. The summed E-state index contributed by atoms with van der Waals surface area (Å²) in [6.07, 6.45) is 2.56. The fourth-order valence-electron chi connectivity index (χ4n) is 0.510. The van der Waals surface area contributed by atoms with Gasteiger partial charge in [0, 0.05) is 42.8 Å². The predicted octanol–water partition coefficient (Wildman–Crippen LogP) is 0.416. The van der Waals surface area contributed by atoms with E-state index in [0.29, 0.717) is 0 Å². The topological polar surface area (TPSA) is 9.23 Å². The van der Waals surface area contributed by atoms with Crippen molar-refractivity contribution in [1.29, 1.82) is 0 Å². The third-order valence-corrected chi connectivity index (χ3v) is 0.827. The van der Waals surface area contributed by atoms with Crippen LogP contribution in [-0.4, -0.2) is 42.8 Å². The maximum absolute atomic E-state index is 4.94. The Labute approximate surface area is 60.4 Å². The van der Waals surface area contributed by atoms with Crippen molar-refractivity contribution in [3.8, 4) is 0 Å². The van der Waals surface area contributed by atoms with Gasteiger partial charge in [0.05, 0.1) is 0 Å². The van der Waals surface area contributed by atoms with E-state index in [0.717, 1.165) is 13.2 Å². The van der Waals surface area contributed by atoms with E-state index in [1.165, 1.54) is 12.8 Å². The average Bonchev–Trinajstić information content (AvgIpc) is 1.76. The van der Waals surface area contributed by atoms with Crippen LogP contribution < -0.4 is 0 Å². The van der Waals surface area contributed by atoms with Gasteiger partial charge in [0.2, 0.25) is 0 Å². The first-order chi connectivity index (χ1) is 2.50. The van der Waals surface area contributed by atoms with Crippen LogP contribution in [0.3, 0.4) is 0 Å². The SMILES string of the molecule is C1CCOC1.[Na]. The van der Waals surface area contributed by atoms with Crippen LogP contribution in [-0.2, 0) is 4.74 Å². The molecule has 0 aliphatic carbocycles. The Morgan fingerprint density at radius 1 is 1.00 bits per heavy atom. The molecule has 6 heavy (non-hydrogen) atoms. The molecule has 1 aliphatic heterocycles. The Balaban J connectivity index is 0.000000250. The predicted molar refractivity (Wildman–Crippen MR) is 25.8 cm³/mol. The minimum atomic E-state index is 0. The molecule has 0 aromatic heterocycles. The largest absolute Gasteiger partial charge is 0.381 e. The average molecular weight is 95.1 g/mol. The van der Waals surface area contributed by atoms with E-state index in [2.05, 4.69) is 0 Å². The minimum Gasteiger partial charge on any atom is -0.381 e. The van der Waals surface area contributed by atoms with E-state index in [4.69, 9.17) is 4.74 Å². The summed E-state index contributed by atoms with van der Waals surface area (Å²) in [6.45, 7) is 2.00. The summed E-state index contributed by atoms with van der Waals surface area (Å²) >= 11 is 0. The molecule has 1 saturated heterocycles. The molecule has 0 unspecified atom stereocenters. The summed E-state index contributed by atoms with van der Waals surface area (Å²) in [7, 11) is 0. The molecule has 0 atom stereocenters. The van der Waals surface area contributed by atoms with Gasteiger partial charge in [0.1, 0.15) is 0 Å². The van der Waals surface area contributed by atoms with E-state index in [9.17, 15) is 0 Å². The molecule has 1 rings (SSSR count). The second-order valence-corrected chi connectivity index (χ2v) is 1.32. The summed E-state index contributed by atoms with van der Waals surface area (Å²) in [5.41, 5.74) is 0. The monoisotopic (exact) mass is 95.0 g/mol. The summed E-state index contributed by atoms with van der Waals surface area (Å²) in [5, 5.41) is 0. The van der Waals surface area contributed by atoms with E-state index in [1.54, 1.807) is 0 Å². The van der Waals surface area contributed by atoms with Crippen LogP contribution in [0.25, 0.3) is 0 Å². The van der Waals surface area contributed by atoms with E-state index >= 15 is 0 Å². The van der Waals surface area contributed by atoms with E-state index in [1.807, 2.05) is 0 Å². The van der Waals surface area contributed by atoms with Crippen LogP contribution in [0.5, 0.6) is 0 Å². The Kier molecular flexibility index (Phi) is 4.79. The smallest absolute Gasteiger partial charge is 0.0466 e. The van der Waals surface area contributed by atoms with Gasteiger partial charge in [-0.15, -0.1) is 0 Å². The minimum absolute atomic E-state index is 0. The molecule has 0 aromatic rings. The molecular formula is C4H8NaO. The van der Waals surface area contributed by atoms with Gasteiger partial charge in [-0.1, -0.05) is 0 Å². The molecule has 0 bridgehead atoms. The van der Waals surface area contributed by atoms with Crippen LogP contribution >= 0.6 is 0 Å². The molecule has 0 amide bonds. The molecule has 31 valence electrons. The maximum Gasteiger partial charge on any atom is 0.0466 e. The molecular weight excluding hydrogens is 87.0 g/mol. The van der Waals surface area contributed by atoms with Crippen molar-refractivity contribution in [2.45, 2.75) is 12.8 Å². The second-order valence-electron chi connectivity index (χ2n) is 1.32. The number of rotatable bonds is 0. The van der Waals surface area contributed by atoms with Gasteiger partial charge in [-0.05, 0) is 12.8 Å². The van der Waals surface area contributed by atoms with Gasteiger partial charge in [0.15, 0.2) is 0 Å². The third kappa shape index (κ3) is 2.19. The van der Waals surface area contributed by atoms with E-state index < -0.39 is 0 Å². The Bertz CT molecular complexity index is 19.1. The van der Waals surface area contributed by atoms with Crippen LogP contribution in [0.1, 0.15) is 12.8 Å². The molecule has 0 spiro atoms. The van der Waals surface area contributed by atoms with Gasteiger partial charge in [-0.3, -0.25) is 0 Å². The fraction of sp³-hybridized carbons (Fsp3) is 1.00. The van der Waals surface area contributed by atoms with Crippen molar-refractivity contribution in [2.24, 2.45) is 0 Å². The van der Waals surface area contributed by atoms with Crippen LogP contribution in [0, 0.1) is 0 Å². The van der Waals surface area contributed by atoms with Crippen molar-refractivity contribution in [3.05, 3.63) is 0 Å². The van der Waals surface area contributed by atoms with Crippen molar-refractivity contribution >= 4 is 29.6 Å². The zero-order valence-electron chi connectivity index (χ0n) is 4.24. The van der Waals surface area contributed by atoms with Crippen LogP contribution in [0.4, 0.5) is 0 Å². The first kappa shape index (κ1) is 6.96. The number of ether oxygens (including phenoxy) is 1. The molecule has 1 fully saturated rings. The number of hydrogen-bond donors (Lipinski definition) is 0. The Morgan fingerprint density at radius 2 is 1.50 bits per heavy atom. The molecule has 1 aliphatic rings. The van der Waals surface area contributed by atoms with Gasteiger partial charge in [-0.2, -0.15) is 0 Å². The summed E-state index contributed by atoms with van der Waals surface area (Å²) < 4.78 is 4.94. The first-order valence-electron chi connectivity index (χ1n) is 2.08. The molecule has 1 radical (unpaired) electrons. The third-order valence-electron chi connectivity index (χ3n) is 0.827. The van der Waals surface area contributed by atoms with Crippen molar-refractivity contribution in [2.75, 3.05) is 13.2 Å². The summed E-state index contributed by atoms with van der Waals surface area (Å²) in [5.74, 6) is 0. The van der Waals surface area contributed by atoms with Gasteiger partial charge >= 0.3 is 0 Å².